The number of nitrogens with zero attached hydrogens (tertiary/aromatic N) is 1. The van der Waals surface area contributed by atoms with Crippen LogP contribution in [-0.4, -0.2) is 18.5 Å². The molecule has 0 amide bonds. The first kappa shape index (κ1) is 13.9. The smallest absolute Gasteiger partial charge is 0.119 e. The Balaban J connectivity index is 1.96. The summed E-state index contributed by atoms with van der Waals surface area (Å²) in [4.78, 5) is 0. The Labute approximate surface area is 124 Å². The molecule has 0 N–H and O–H groups in total. The van der Waals surface area contributed by atoms with Crippen molar-refractivity contribution in [2.24, 2.45) is 0 Å². The molecule has 0 spiro atoms. The molecule has 5 heteroatoms. The lowest BCUT2D eigenvalue weighted by molar-refractivity contribution is 0.413. The van der Waals surface area contributed by atoms with Crippen molar-refractivity contribution in [3.05, 3.63) is 45.7 Å². The van der Waals surface area contributed by atoms with E-state index in [2.05, 4.69) is 51.5 Å². The van der Waals surface area contributed by atoms with Crippen LogP contribution in [0.3, 0.4) is 0 Å². The van der Waals surface area contributed by atoms with E-state index >= 15 is 0 Å². The van der Waals surface area contributed by atoms with Crippen molar-refractivity contribution < 1.29 is 4.74 Å². The summed E-state index contributed by atoms with van der Waals surface area (Å²) in [5.41, 5.74) is 1.25. The minimum Gasteiger partial charge on any atom is -0.497 e. The molecule has 0 saturated carbocycles. The summed E-state index contributed by atoms with van der Waals surface area (Å²) >= 11 is 6.98. The fraction of sp³-hybridized carbons (Fsp3) is 0.231. The molecule has 0 atom stereocenters. The van der Waals surface area contributed by atoms with E-state index in [1.807, 2.05) is 12.1 Å². The Hall–Kier alpha value is -0.490. The second kappa shape index (κ2) is 6.61. The van der Waals surface area contributed by atoms with Crippen LogP contribution >= 0.6 is 39.2 Å². The third-order valence-electron chi connectivity index (χ3n) is 2.33. The summed E-state index contributed by atoms with van der Waals surface area (Å²) < 4.78 is 9.89. The highest BCUT2D eigenvalue weighted by Crippen LogP contribution is 2.32. The Kier molecular flexibility index (Phi) is 5.12. The first-order valence-corrected chi connectivity index (χ1v) is 7.83. The average molecular weight is 344 g/mol. The van der Waals surface area contributed by atoms with Crippen LogP contribution in [0, 0.1) is 0 Å². The van der Waals surface area contributed by atoms with Crippen LogP contribution < -0.4 is 4.74 Å². The van der Waals surface area contributed by atoms with Gasteiger partial charge in [-0.3, -0.25) is 0 Å². The molecule has 0 aliphatic heterocycles. The van der Waals surface area contributed by atoms with Gasteiger partial charge in [0, 0.05) is 6.54 Å². The maximum atomic E-state index is 5.23. The van der Waals surface area contributed by atoms with Crippen molar-refractivity contribution in [1.82, 2.24) is 4.31 Å². The fourth-order valence-corrected chi connectivity index (χ4v) is 4.45. The van der Waals surface area contributed by atoms with Crippen molar-refractivity contribution in [1.29, 1.82) is 0 Å². The maximum absolute atomic E-state index is 5.23. The van der Waals surface area contributed by atoms with Gasteiger partial charge in [0.15, 0.2) is 0 Å². The first-order chi connectivity index (χ1) is 8.67. The van der Waals surface area contributed by atoms with E-state index in [1.54, 1.807) is 30.4 Å². The molecule has 0 fully saturated rings. The van der Waals surface area contributed by atoms with Crippen LogP contribution in [0.15, 0.2) is 44.4 Å². The minimum absolute atomic E-state index is 0.886. The van der Waals surface area contributed by atoms with Crippen LogP contribution in [0.5, 0.6) is 5.75 Å². The van der Waals surface area contributed by atoms with E-state index in [-0.39, 0.29) is 0 Å². The molecule has 2 rings (SSSR count). The van der Waals surface area contributed by atoms with Gasteiger partial charge in [-0.2, -0.15) is 0 Å². The topological polar surface area (TPSA) is 12.5 Å². The summed E-state index contributed by atoms with van der Waals surface area (Å²) in [6, 6.07) is 12.4. The van der Waals surface area contributed by atoms with Gasteiger partial charge in [-0.1, -0.05) is 12.1 Å². The molecule has 2 nitrogen and oxygen atoms in total. The maximum Gasteiger partial charge on any atom is 0.119 e. The van der Waals surface area contributed by atoms with Crippen LogP contribution in [0.25, 0.3) is 0 Å². The van der Waals surface area contributed by atoms with Crippen LogP contribution in [0.2, 0.25) is 0 Å². The summed E-state index contributed by atoms with van der Waals surface area (Å²) in [5, 5.41) is 0. The van der Waals surface area contributed by atoms with Gasteiger partial charge < -0.3 is 4.74 Å². The predicted molar refractivity (Wildman–Crippen MR) is 82.3 cm³/mol. The first-order valence-electron chi connectivity index (χ1n) is 5.45. The van der Waals surface area contributed by atoms with Gasteiger partial charge in [0.2, 0.25) is 0 Å². The number of rotatable bonds is 5. The summed E-state index contributed by atoms with van der Waals surface area (Å²) in [6.07, 6.45) is 0. The van der Waals surface area contributed by atoms with E-state index in [0.29, 0.717) is 0 Å². The zero-order chi connectivity index (χ0) is 13.0. The number of hydrogen-bond acceptors (Lipinski definition) is 4. The molecule has 2 aromatic rings. The molecule has 1 aromatic carbocycles. The molecule has 96 valence electrons. The lowest BCUT2D eigenvalue weighted by Gasteiger charge is -2.14. The average Bonchev–Trinajstić information content (AvgIpc) is 2.74. The van der Waals surface area contributed by atoms with Gasteiger partial charge in [-0.25, -0.2) is 4.31 Å². The third-order valence-corrected chi connectivity index (χ3v) is 4.98. The van der Waals surface area contributed by atoms with Gasteiger partial charge in [-0.05, 0) is 64.8 Å². The molecule has 0 aliphatic carbocycles. The second-order valence-corrected chi connectivity index (χ2v) is 7.75. The monoisotopic (exact) mass is 343 g/mol. The highest BCUT2D eigenvalue weighted by Gasteiger charge is 2.05. The molecule has 0 unspecified atom stereocenters. The molecule has 0 radical (unpaired) electrons. The van der Waals surface area contributed by atoms with Crippen LogP contribution in [-0.2, 0) is 6.54 Å². The number of hydrogen-bond donors (Lipinski definition) is 0. The van der Waals surface area contributed by atoms with E-state index in [1.165, 1.54) is 13.6 Å². The largest absolute Gasteiger partial charge is 0.497 e. The Morgan fingerprint density at radius 1 is 1.33 bits per heavy atom. The van der Waals surface area contributed by atoms with E-state index in [9.17, 15) is 0 Å². The molecular formula is C13H14BrNOS2. The molecule has 1 heterocycles. The van der Waals surface area contributed by atoms with Crippen molar-refractivity contribution in [2.75, 3.05) is 14.2 Å². The third kappa shape index (κ3) is 4.02. The Morgan fingerprint density at radius 2 is 2.17 bits per heavy atom. The quantitative estimate of drug-likeness (QED) is 0.732. The zero-order valence-electron chi connectivity index (χ0n) is 10.2. The SMILES string of the molecule is COc1cccc(CN(C)Sc2ccc(Br)s2)c1. The standard InChI is InChI=1S/C13H14BrNOS2/c1-15(18-13-7-6-12(14)17-13)9-10-4-3-5-11(8-10)16-2/h3-8H,9H2,1-2H3. The van der Waals surface area contributed by atoms with Gasteiger partial charge in [-0.15, -0.1) is 11.3 Å². The Morgan fingerprint density at radius 3 is 2.83 bits per heavy atom. The molecule has 18 heavy (non-hydrogen) atoms. The number of thiophene rings is 1. The van der Waals surface area contributed by atoms with Crippen molar-refractivity contribution in [2.45, 2.75) is 10.8 Å². The van der Waals surface area contributed by atoms with E-state index in [0.717, 1.165) is 12.3 Å². The molecule has 0 saturated heterocycles. The lowest BCUT2D eigenvalue weighted by atomic mass is 10.2. The van der Waals surface area contributed by atoms with E-state index in [4.69, 9.17) is 4.74 Å². The highest BCUT2D eigenvalue weighted by atomic mass is 79.9. The molecule has 0 aliphatic rings. The van der Waals surface area contributed by atoms with Crippen molar-refractivity contribution >= 4 is 39.2 Å². The Bertz CT molecular complexity index is 515. The summed E-state index contributed by atoms with van der Waals surface area (Å²) in [7, 11) is 3.79. The van der Waals surface area contributed by atoms with Crippen molar-refractivity contribution in [3.63, 3.8) is 0 Å². The zero-order valence-corrected chi connectivity index (χ0v) is 13.4. The normalized spacial score (nSPS) is 10.9. The lowest BCUT2D eigenvalue weighted by Crippen LogP contribution is -2.07. The fourth-order valence-electron chi connectivity index (χ4n) is 1.56. The number of ether oxygens (including phenoxy) is 1. The summed E-state index contributed by atoms with van der Waals surface area (Å²) in [5.74, 6) is 0.907. The van der Waals surface area contributed by atoms with Gasteiger partial charge in [0.1, 0.15) is 5.75 Å². The predicted octanol–water partition coefficient (Wildman–Crippen LogP) is 4.66. The van der Waals surface area contributed by atoms with Crippen LogP contribution in [0.1, 0.15) is 5.56 Å². The van der Waals surface area contributed by atoms with Crippen LogP contribution in [0.4, 0.5) is 0 Å². The molecular weight excluding hydrogens is 330 g/mol. The highest BCUT2D eigenvalue weighted by molar-refractivity contribution is 9.11. The number of halogens is 1. The second-order valence-electron chi connectivity index (χ2n) is 3.79. The minimum atomic E-state index is 0.886. The van der Waals surface area contributed by atoms with Gasteiger partial charge in [0.05, 0.1) is 15.1 Å². The van der Waals surface area contributed by atoms with E-state index < -0.39 is 0 Å². The van der Waals surface area contributed by atoms with Gasteiger partial charge >= 0.3 is 0 Å². The number of benzene rings is 1. The van der Waals surface area contributed by atoms with Crippen molar-refractivity contribution in [3.8, 4) is 5.75 Å². The summed E-state index contributed by atoms with van der Waals surface area (Å²) in [6.45, 7) is 0.886. The number of methoxy groups -OCH3 is 1. The molecule has 0 bridgehead atoms. The molecule has 1 aromatic heterocycles. The van der Waals surface area contributed by atoms with Gasteiger partial charge in [0.25, 0.3) is 0 Å².